The molecular formula is C22H31N5O2S. The minimum Gasteiger partial charge on any atom is -0.402 e. The van der Waals surface area contributed by atoms with Gasteiger partial charge >= 0.3 is 0 Å². The lowest BCUT2D eigenvalue weighted by atomic mass is 9.75. The lowest BCUT2D eigenvalue weighted by Gasteiger charge is -2.31. The number of anilines is 1. The standard InChI is InChI=1S/C22H31N5O2S/c1-22(2)5-4-14(15(23)12-22)21(24)17-10-18-16(25-17)11-20(30-18)26(3)19(28)13-27-6-8-29-9-7-27/h10-11,24-25H,4-9,12-13,23H2,1-3H3. The predicted octanol–water partition coefficient (Wildman–Crippen LogP) is 3.32. The van der Waals surface area contributed by atoms with Gasteiger partial charge in [-0.3, -0.25) is 15.1 Å². The Labute approximate surface area is 181 Å². The normalized spacial score (nSPS) is 20.0. The van der Waals surface area contributed by atoms with Crippen molar-refractivity contribution in [3.8, 4) is 0 Å². The average Bonchev–Trinajstić information content (AvgIpc) is 3.26. The van der Waals surface area contributed by atoms with E-state index in [2.05, 4.69) is 23.7 Å². The lowest BCUT2D eigenvalue weighted by molar-refractivity contribution is -0.120. The minimum absolute atomic E-state index is 0.0801. The number of hydrogen-bond acceptors (Lipinski definition) is 6. The van der Waals surface area contributed by atoms with E-state index >= 15 is 0 Å². The highest BCUT2D eigenvalue weighted by atomic mass is 32.1. The van der Waals surface area contributed by atoms with E-state index in [1.54, 1.807) is 16.2 Å². The van der Waals surface area contributed by atoms with Crippen molar-refractivity contribution in [1.29, 1.82) is 5.41 Å². The molecule has 0 aromatic carbocycles. The van der Waals surface area contributed by atoms with Crippen molar-refractivity contribution >= 4 is 38.2 Å². The SMILES string of the molecule is CN(C(=O)CN1CCOCC1)c1cc2[nH]c(C(=N)C3=C(N)CC(C)(C)CC3)cc2s1. The Morgan fingerprint density at radius 3 is 2.77 bits per heavy atom. The van der Waals surface area contributed by atoms with E-state index in [4.69, 9.17) is 15.9 Å². The number of allylic oxidation sites excluding steroid dienone is 2. The molecular weight excluding hydrogens is 398 g/mol. The molecule has 162 valence electrons. The number of thiophene rings is 1. The number of hydrogen-bond donors (Lipinski definition) is 3. The number of rotatable bonds is 5. The van der Waals surface area contributed by atoms with Crippen LogP contribution >= 0.6 is 11.3 Å². The molecule has 4 N–H and O–H groups in total. The number of carbonyl (C=O) groups excluding carboxylic acids is 1. The van der Waals surface area contributed by atoms with Gasteiger partial charge in [0.1, 0.15) is 5.00 Å². The molecule has 3 heterocycles. The van der Waals surface area contributed by atoms with Gasteiger partial charge in [0.15, 0.2) is 0 Å². The van der Waals surface area contributed by atoms with Gasteiger partial charge in [0.25, 0.3) is 0 Å². The Morgan fingerprint density at radius 1 is 1.37 bits per heavy atom. The topological polar surface area (TPSA) is 98.4 Å². The largest absolute Gasteiger partial charge is 0.402 e. The molecule has 7 nitrogen and oxygen atoms in total. The highest BCUT2D eigenvalue weighted by Crippen LogP contribution is 2.38. The molecule has 30 heavy (non-hydrogen) atoms. The van der Waals surface area contributed by atoms with E-state index in [-0.39, 0.29) is 11.3 Å². The van der Waals surface area contributed by atoms with Crippen LogP contribution in [-0.2, 0) is 9.53 Å². The smallest absolute Gasteiger partial charge is 0.241 e. The Morgan fingerprint density at radius 2 is 2.10 bits per heavy atom. The predicted molar refractivity (Wildman–Crippen MR) is 123 cm³/mol. The molecule has 2 aromatic rings. The number of amides is 1. The second kappa shape index (κ2) is 8.17. The highest BCUT2D eigenvalue weighted by Gasteiger charge is 2.28. The van der Waals surface area contributed by atoms with Crippen LogP contribution in [-0.4, -0.2) is 61.4 Å². The molecule has 1 saturated heterocycles. The zero-order chi connectivity index (χ0) is 21.5. The van der Waals surface area contributed by atoms with Crippen molar-refractivity contribution in [3.63, 3.8) is 0 Å². The molecule has 1 fully saturated rings. The number of fused-ring (bicyclic) bond motifs is 1. The van der Waals surface area contributed by atoms with Crippen LogP contribution in [0.5, 0.6) is 0 Å². The number of aromatic nitrogens is 1. The van der Waals surface area contributed by atoms with E-state index in [9.17, 15) is 4.79 Å². The van der Waals surface area contributed by atoms with E-state index in [1.165, 1.54) is 0 Å². The highest BCUT2D eigenvalue weighted by molar-refractivity contribution is 7.23. The molecule has 0 radical (unpaired) electrons. The van der Waals surface area contributed by atoms with Gasteiger partial charge in [-0.05, 0) is 42.4 Å². The number of morpholine rings is 1. The number of ether oxygens (including phenoxy) is 1. The Hall–Kier alpha value is -2.16. The molecule has 0 saturated carbocycles. The van der Waals surface area contributed by atoms with Crippen LogP contribution in [0.3, 0.4) is 0 Å². The summed E-state index contributed by atoms with van der Waals surface area (Å²) in [4.78, 5) is 19.9. The summed E-state index contributed by atoms with van der Waals surface area (Å²) in [7, 11) is 1.83. The van der Waals surface area contributed by atoms with Crippen LogP contribution in [0.25, 0.3) is 10.2 Å². The molecule has 0 atom stereocenters. The van der Waals surface area contributed by atoms with E-state index < -0.39 is 0 Å². The molecule has 4 rings (SSSR count). The first kappa shape index (κ1) is 21.1. The zero-order valence-corrected chi connectivity index (χ0v) is 18.8. The number of nitrogens with two attached hydrogens (primary N) is 1. The average molecular weight is 430 g/mol. The second-order valence-electron chi connectivity index (χ2n) is 9.11. The fourth-order valence-electron chi connectivity index (χ4n) is 4.17. The van der Waals surface area contributed by atoms with Gasteiger partial charge in [0.2, 0.25) is 5.91 Å². The van der Waals surface area contributed by atoms with Gasteiger partial charge in [-0.2, -0.15) is 0 Å². The van der Waals surface area contributed by atoms with Gasteiger partial charge < -0.3 is 20.4 Å². The Kier molecular flexibility index (Phi) is 5.74. The molecule has 2 aromatic heterocycles. The Balaban J connectivity index is 1.47. The third-order valence-corrected chi connectivity index (χ3v) is 7.30. The molecule has 8 heteroatoms. The van der Waals surface area contributed by atoms with Gasteiger partial charge in [-0.1, -0.05) is 13.8 Å². The molecule has 2 aliphatic rings. The monoisotopic (exact) mass is 429 g/mol. The number of carbonyl (C=O) groups is 1. The summed E-state index contributed by atoms with van der Waals surface area (Å²) in [6, 6.07) is 4.00. The molecule has 1 aliphatic heterocycles. The van der Waals surface area contributed by atoms with Crippen LogP contribution in [0.4, 0.5) is 5.00 Å². The quantitative estimate of drug-likeness (QED) is 0.635. The fraction of sp³-hybridized carbons (Fsp3) is 0.545. The van der Waals surface area contributed by atoms with Crippen LogP contribution < -0.4 is 10.6 Å². The first-order valence-electron chi connectivity index (χ1n) is 10.5. The van der Waals surface area contributed by atoms with E-state index in [1.807, 2.05) is 19.2 Å². The van der Waals surface area contributed by atoms with Gasteiger partial charge in [0.05, 0.1) is 41.4 Å². The number of H-pyrrole nitrogens is 1. The summed E-state index contributed by atoms with van der Waals surface area (Å²) in [6.07, 6.45) is 2.72. The van der Waals surface area contributed by atoms with Crippen LogP contribution in [0.2, 0.25) is 0 Å². The van der Waals surface area contributed by atoms with E-state index in [0.29, 0.717) is 25.5 Å². The molecule has 0 bridgehead atoms. The van der Waals surface area contributed by atoms with Crippen molar-refractivity contribution in [2.24, 2.45) is 11.1 Å². The Bertz CT molecular complexity index is 965. The number of likely N-dealkylation sites (N-methyl/N-ethyl adjacent to an activating group) is 1. The summed E-state index contributed by atoms with van der Waals surface area (Å²) >= 11 is 1.57. The second-order valence-corrected chi connectivity index (χ2v) is 10.2. The van der Waals surface area contributed by atoms with Crippen LogP contribution in [0, 0.1) is 10.8 Å². The van der Waals surface area contributed by atoms with Crippen molar-refractivity contribution < 1.29 is 9.53 Å². The van der Waals surface area contributed by atoms with Crippen molar-refractivity contribution in [1.82, 2.24) is 9.88 Å². The lowest BCUT2D eigenvalue weighted by Crippen LogP contribution is -2.43. The van der Waals surface area contributed by atoms with Crippen molar-refractivity contribution in [2.45, 2.75) is 33.1 Å². The van der Waals surface area contributed by atoms with Gasteiger partial charge in [-0.15, -0.1) is 11.3 Å². The third-order valence-electron chi connectivity index (χ3n) is 6.14. The molecule has 1 aliphatic carbocycles. The summed E-state index contributed by atoms with van der Waals surface area (Å²) in [5, 5.41) is 9.57. The number of nitrogens with zero attached hydrogens (tertiary/aromatic N) is 2. The molecule has 1 amide bonds. The van der Waals surface area contributed by atoms with Gasteiger partial charge in [-0.25, -0.2) is 0 Å². The number of nitrogens with one attached hydrogen (secondary N) is 2. The van der Waals surface area contributed by atoms with E-state index in [0.717, 1.165) is 64.5 Å². The summed E-state index contributed by atoms with van der Waals surface area (Å²) in [5.41, 5.74) is 10.5. The first-order valence-corrected chi connectivity index (χ1v) is 11.3. The molecule has 0 spiro atoms. The molecule has 0 unspecified atom stereocenters. The zero-order valence-electron chi connectivity index (χ0n) is 18.0. The van der Waals surface area contributed by atoms with Crippen LogP contribution in [0.1, 0.15) is 38.8 Å². The third kappa shape index (κ3) is 4.31. The maximum absolute atomic E-state index is 12.7. The maximum atomic E-state index is 12.7. The van der Waals surface area contributed by atoms with Crippen molar-refractivity contribution in [3.05, 3.63) is 29.1 Å². The first-order chi connectivity index (χ1) is 14.2. The minimum atomic E-state index is 0.0801. The summed E-state index contributed by atoms with van der Waals surface area (Å²) < 4.78 is 6.40. The summed E-state index contributed by atoms with van der Waals surface area (Å²) in [6.45, 7) is 7.83. The number of aromatic amines is 1. The van der Waals surface area contributed by atoms with Crippen molar-refractivity contribution in [2.75, 3.05) is 44.8 Å². The summed E-state index contributed by atoms with van der Waals surface area (Å²) in [5.74, 6) is 0.0801. The fourth-order valence-corrected chi connectivity index (χ4v) is 5.21. The van der Waals surface area contributed by atoms with Crippen LogP contribution in [0.15, 0.2) is 23.4 Å². The maximum Gasteiger partial charge on any atom is 0.241 e. The van der Waals surface area contributed by atoms with Gasteiger partial charge in [0, 0.05) is 25.8 Å².